The smallest absolute Gasteiger partial charge is 0.313 e. The van der Waals surface area contributed by atoms with Crippen LogP contribution in [0.25, 0.3) is 0 Å². The van der Waals surface area contributed by atoms with Gasteiger partial charge in [-0.1, -0.05) is 25.6 Å². The molecule has 1 aliphatic rings. The summed E-state index contributed by atoms with van der Waals surface area (Å²) >= 11 is 3.31. The van der Waals surface area contributed by atoms with Crippen molar-refractivity contribution in [1.82, 2.24) is 9.55 Å². The molecule has 1 aliphatic carbocycles. The molecule has 0 saturated heterocycles. The molecule has 0 spiro atoms. The van der Waals surface area contributed by atoms with Crippen LogP contribution in [0.2, 0.25) is 0 Å². The van der Waals surface area contributed by atoms with Gasteiger partial charge in [-0.05, 0) is 37.9 Å². The Kier molecular flexibility index (Phi) is 6.05. The number of nitrogens with zero attached hydrogens (tertiary/aromatic N) is 2. The van der Waals surface area contributed by atoms with E-state index in [9.17, 15) is 4.79 Å². The molecule has 0 aromatic carbocycles. The van der Waals surface area contributed by atoms with Gasteiger partial charge in [0.1, 0.15) is 0 Å². The molecule has 0 amide bonds. The number of hydrogen-bond acceptors (Lipinski definition) is 4. The number of thioether (sulfide) groups is 2. The lowest BCUT2D eigenvalue weighted by molar-refractivity contribution is -0.133. The lowest BCUT2D eigenvalue weighted by atomic mass is 9.94. The number of carboxylic acid groups (broad SMARTS) is 1. The molecule has 1 fully saturated rings. The van der Waals surface area contributed by atoms with E-state index in [2.05, 4.69) is 29.7 Å². The molecular weight excluding hydrogens is 304 g/mol. The summed E-state index contributed by atoms with van der Waals surface area (Å²) in [4.78, 5) is 15.3. The first-order valence-electron chi connectivity index (χ1n) is 7.47. The first-order valence-corrected chi connectivity index (χ1v) is 9.74. The van der Waals surface area contributed by atoms with Gasteiger partial charge in [0.15, 0.2) is 5.16 Å². The molecule has 1 saturated carbocycles. The SMILES string of the molecule is CSC1CCC(n2c(C(C)C)cnc2SCC(=O)O)CC1. The summed E-state index contributed by atoms with van der Waals surface area (Å²) in [5.41, 5.74) is 1.23. The van der Waals surface area contributed by atoms with Crippen molar-refractivity contribution >= 4 is 29.5 Å². The fourth-order valence-electron chi connectivity index (χ4n) is 2.92. The number of aromatic nitrogens is 2. The van der Waals surface area contributed by atoms with Crippen LogP contribution in [-0.4, -0.2) is 37.9 Å². The van der Waals surface area contributed by atoms with Crippen molar-refractivity contribution in [3.63, 3.8) is 0 Å². The average Bonchev–Trinajstić information content (AvgIpc) is 2.89. The Labute approximate surface area is 135 Å². The van der Waals surface area contributed by atoms with E-state index in [1.807, 2.05) is 18.0 Å². The van der Waals surface area contributed by atoms with Gasteiger partial charge in [0.2, 0.25) is 0 Å². The van der Waals surface area contributed by atoms with E-state index >= 15 is 0 Å². The molecule has 0 atom stereocenters. The highest BCUT2D eigenvalue weighted by Crippen LogP contribution is 2.38. The van der Waals surface area contributed by atoms with Gasteiger partial charge in [0.25, 0.3) is 0 Å². The standard InChI is InChI=1S/C15H24N2O2S2/c1-10(2)13-8-16-15(21-9-14(18)19)17(13)11-4-6-12(20-3)7-5-11/h8,10-12H,4-7,9H2,1-3H3,(H,18,19). The third-order valence-electron chi connectivity index (χ3n) is 4.05. The predicted molar refractivity (Wildman–Crippen MR) is 89.5 cm³/mol. The quantitative estimate of drug-likeness (QED) is 0.799. The lowest BCUT2D eigenvalue weighted by Crippen LogP contribution is -2.22. The van der Waals surface area contributed by atoms with Crippen LogP contribution in [0.3, 0.4) is 0 Å². The monoisotopic (exact) mass is 328 g/mol. The van der Waals surface area contributed by atoms with Crippen LogP contribution in [0.4, 0.5) is 0 Å². The molecule has 4 nitrogen and oxygen atoms in total. The Hall–Kier alpha value is -0.620. The van der Waals surface area contributed by atoms with E-state index in [0.29, 0.717) is 12.0 Å². The second-order valence-electron chi connectivity index (χ2n) is 5.84. The minimum Gasteiger partial charge on any atom is -0.481 e. The van der Waals surface area contributed by atoms with Crippen LogP contribution < -0.4 is 0 Å². The lowest BCUT2D eigenvalue weighted by Gasteiger charge is -2.31. The normalized spacial score (nSPS) is 22.7. The van der Waals surface area contributed by atoms with Crippen LogP contribution in [-0.2, 0) is 4.79 Å². The highest BCUT2D eigenvalue weighted by Gasteiger charge is 2.26. The summed E-state index contributed by atoms with van der Waals surface area (Å²) in [6.07, 6.45) is 8.94. The zero-order valence-corrected chi connectivity index (χ0v) is 14.5. The Morgan fingerprint density at radius 2 is 2.10 bits per heavy atom. The fraction of sp³-hybridized carbons (Fsp3) is 0.733. The van der Waals surface area contributed by atoms with Crippen molar-refractivity contribution in [2.24, 2.45) is 0 Å². The van der Waals surface area contributed by atoms with Gasteiger partial charge in [-0.2, -0.15) is 11.8 Å². The predicted octanol–water partition coefficient (Wildman–Crippen LogP) is 4.03. The summed E-state index contributed by atoms with van der Waals surface area (Å²) in [6.45, 7) is 4.35. The molecular formula is C15H24N2O2S2. The average molecular weight is 329 g/mol. The van der Waals surface area contributed by atoms with Gasteiger partial charge < -0.3 is 9.67 Å². The van der Waals surface area contributed by atoms with Crippen molar-refractivity contribution in [3.8, 4) is 0 Å². The molecule has 2 rings (SSSR count). The second-order valence-corrected chi connectivity index (χ2v) is 7.92. The van der Waals surface area contributed by atoms with E-state index in [0.717, 1.165) is 10.4 Å². The fourth-order valence-corrected chi connectivity index (χ4v) is 4.44. The molecule has 0 unspecified atom stereocenters. The van der Waals surface area contributed by atoms with Gasteiger partial charge >= 0.3 is 5.97 Å². The van der Waals surface area contributed by atoms with Crippen LogP contribution in [0.1, 0.15) is 57.2 Å². The molecule has 0 radical (unpaired) electrons. The minimum absolute atomic E-state index is 0.0781. The van der Waals surface area contributed by atoms with E-state index < -0.39 is 5.97 Å². The first-order chi connectivity index (χ1) is 10.0. The molecule has 118 valence electrons. The van der Waals surface area contributed by atoms with Gasteiger partial charge in [-0.15, -0.1) is 0 Å². The molecule has 1 heterocycles. The zero-order chi connectivity index (χ0) is 15.4. The molecule has 1 aromatic rings. The number of carbonyl (C=O) groups is 1. The third kappa shape index (κ3) is 4.19. The summed E-state index contributed by atoms with van der Waals surface area (Å²) in [6, 6.07) is 0.476. The molecule has 0 bridgehead atoms. The highest BCUT2D eigenvalue weighted by molar-refractivity contribution is 7.99. The van der Waals surface area contributed by atoms with E-state index in [1.54, 1.807) is 0 Å². The van der Waals surface area contributed by atoms with E-state index in [4.69, 9.17) is 5.11 Å². The molecule has 6 heteroatoms. The Bertz CT molecular complexity index is 480. The van der Waals surface area contributed by atoms with E-state index in [1.165, 1.54) is 43.1 Å². The van der Waals surface area contributed by atoms with Crippen molar-refractivity contribution in [2.75, 3.05) is 12.0 Å². The Morgan fingerprint density at radius 1 is 1.43 bits per heavy atom. The van der Waals surface area contributed by atoms with Crippen LogP contribution in [0.5, 0.6) is 0 Å². The van der Waals surface area contributed by atoms with Gasteiger partial charge in [-0.3, -0.25) is 4.79 Å². The largest absolute Gasteiger partial charge is 0.481 e. The van der Waals surface area contributed by atoms with Crippen molar-refractivity contribution in [3.05, 3.63) is 11.9 Å². The van der Waals surface area contributed by atoms with Crippen molar-refractivity contribution < 1.29 is 9.90 Å². The maximum Gasteiger partial charge on any atom is 0.313 e. The summed E-state index contributed by atoms with van der Waals surface area (Å²) in [5.74, 6) is -0.295. The number of carboxylic acids is 1. The minimum atomic E-state index is -0.785. The molecule has 0 aliphatic heterocycles. The van der Waals surface area contributed by atoms with Crippen LogP contribution >= 0.6 is 23.5 Å². The van der Waals surface area contributed by atoms with Crippen molar-refractivity contribution in [1.29, 1.82) is 0 Å². The van der Waals surface area contributed by atoms with Gasteiger partial charge in [0, 0.05) is 23.2 Å². The number of imidazole rings is 1. The van der Waals surface area contributed by atoms with Gasteiger partial charge in [-0.25, -0.2) is 4.98 Å². The summed E-state index contributed by atoms with van der Waals surface area (Å²) in [5, 5.41) is 10.5. The van der Waals surface area contributed by atoms with Gasteiger partial charge in [0.05, 0.1) is 5.75 Å². The third-order valence-corrected chi connectivity index (χ3v) is 6.14. The molecule has 1 N–H and O–H groups in total. The van der Waals surface area contributed by atoms with E-state index in [-0.39, 0.29) is 5.75 Å². The molecule has 21 heavy (non-hydrogen) atoms. The zero-order valence-electron chi connectivity index (χ0n) is 12.9. The van der Waals surface area contributed by atoms with Crippen molar-refractivity contribution in [2.45, 2.75) is 61.9 Å². The van der Waals surface area contributed by atoms with Crippen LogP contribution in [0, 0.1) is 0 Å². The summed E-state index contributed by atoms with van der Waals surface area (Å²) < 4.78 is 2.31. The number of hydrogen-bond donors (Lipinski definition) is 1. The first kappa shape index (κ1) is 16.7. The Balaban J connectivity index is 2.18. The second kappa shape index (κ2) is 7.58. The number of aliphatic carboxylic acids is 1. The maximum atomic E-state index is 10.8. The topological polar surface area (TPSA) is 55.1 Å². The number of rotatable bonds is 6. The highest BCUT2D eigenvalue weighted by atomic mass is 32.2. The summed E-state index contributed by atoms with van der Waals surface area (Å²) in [7, 11) is 0. The Morgan fingerprint density at radius 3 is 2.62 bits per heavy atom. The van der Waals surface area contributed by atoms with Crippen LogP contribution in [0.15, 0.2) is 11.4 Å². The molecule has 1 aromatic heterocycles. The maximum absolute atomic E-state index is 10.8.